The summed E-state index contributed by atoms with van der Waals surface area (Å²) in [6.07, 6.45) is 1.87. The van der Waals surface area contributed by atoms with E-state index in [0.29, 0.717) is 25.4 Å². The molecule has 31 heavy (non-hydrogen) atoms. The molecule has 2 saturated heterocycles. The number of hydrogen-bond acceptors (Lipinski definition) is 4. The summed E-state index contributed by atoms with van der Waals surface area (Å²) in [5.41, 5.74) is 0.780. The first-order chi connectivity index (χ1) is 15.0. The van der Waals surface area contributed by atoms with Gasteiger partial charge in [0.15, 0.2) is 0 Å². The van der Waals surface area contributed by atoms with E-state index in [1.807, 2.05) is 54.6 Å². The number of ether oxygens (including phenoxy) is 1. The minimum absolute atomic E-state index is 0.000546. The third kappa shape index (κ3) is 5.05. The molecule has 2 aromatic rings. The zero-order chi connectivity index (χ0) is 21.8. The molecule has 2 aliphatic heterocycles. The highest BCUT2D eigenvalue weighted by atomic mass is 16.5. The Bertz CT molecular complexity index is 945. The van der Waals surface area contributed by atoms with Crippen LogP contribution in [0.1, 0.15) is 26.2 Å². The molecule has 7 nitrogen and oxygen atoms in total. The minimum Gasteiger partial charge on any atom is -0.457 e. The molecule has 2 atom stereocenters. The van der Waals surface area contributed by atoms with Crippen molar-refractivity contribution >= 4 is 23.4 Å². The normalized spacial score (nSPS) is 21.1. The molecule has 0 aliphatic carbocycles. The van der Waals surface area contributed by atoms with Gasteiger partial charge in [0, 0.05) is 38.7 Å². The zero-order valence-corrected chi connectivity index (χ0v) is 17.6. The predicted molar refractivity (Wildman–Crippen MR) is 117 cm³/mol. The molecule has 0 bridgehead atoms. The molecule has 162 valence electrons. The van der Waals surface area contributed by atoms with E-state index in [1.54, 1.807) is 9.80 Å². The number of piperidine rings is 1. The topological polar surface area (TPSA) is 79.0 Å². The van der Waals surface area contributed by atoms with Crippen LogP contribution in [0.4, 0.5) is 5.69 Å². The third-order valence-electron chi connectivity index (χ3n) is 5.84. The largest absolute Gasteiger partial charge is 0.457 e. The smallest absolute Gasteiger partial charge is 0.229 e. The summed E-state index contributed by atoms with van der Waals surface area (Å²) < 4.78 is 5.80. The maximum Gasteiger partial charge on any atom is 0.229 e. The molecule has 0 radical (unpaired) electrons. The first kappa shape index (κ1) is 20.9. The second kappa shape index (κ2) is 9.20. The molecule has 3 amide bonds. The molecule has 0 aromatic heterocycles. The molecule has 1 N–H and O–H groups in total. The molecule has 7 heteroatoms. The van der Waals surface area contributed by atoms with Crippen molar-refractivity contribution in [2.24, 2.45) is 5.92 Å². The van der Waals surface area contributed by atoms with Gasteiger partial charge in [-0.15, -0.1) is 0 Å². The number of carbonyl (C=O) groups is 3. The van der Waals surface area contributed by atoms with Crippen molar-refractivity contribution in [2.45, 2.75) is 32.2 Å². The van der Waals surface area contributed by atoms with Gasteiger partial charge in [-0.1, -0.05) is 18.2 Å². The lowest BCUT2D eigenvalue weighted by molar-refractivity contribution is -0.134. The quantitative estimate of drug-likeness (QED) is 0.805. The average Bonchev–Trinajstić information content (AvgIpc) is 3.15. The van der Waals surface area contributed by atoms with Gasteiger partial charge in [0.2, 0.25) is 17.7 Å². The van der Waals surface area contributed by atoms with E-state index in [9.17, 15) is 14.4 Å². The van der Waals surface area contributed by atoms with Gasteiger partial charge in [0.25, 0.3) is 0 Å². The lowest BCUT2D eigenvalue weighted by Crippen LogP contribution is -2.47. The Kier molecular flexibility index (Phi) is 6.21. The molecule has 4 rings (SSSR count). The number of anilines is 1. The third-order valence-corrected chi connectivity index (χ3v) is 5.84. The summed E-state index contributed by atoms with van der Waals surface area (Å²) in [6.45, 7) is 3.13. The number of hydrogen-bond donors (Lipinski definition) is 1. The van der Waals surface area contributed by atoms with Crippen LogP contribution in [-0.2, 0) is 14.4 Å². The summed E-state index contributed by atoms with van der Waals surface area (Å²) in [7, 11) is 0. The van der Waals surface area contributed by atoms with Crippen molar-refractivity contribution < 1.29 is 19.1 Å². The van der Waals surface area contributed by atoms with Gasteiger partial charge in [-0.05, 0) is 49.2 Å². The molecule has 2 unspecified atom stereocenters. The number of para-hydroxylation sites is 1. The number of amides is 3. The standard InChI is InChI=1S/C24H27N3O4/c1-17(28)26-13-5-6-18(15-26)24(30)25-19-14-23(29)27(16-19)20-9-11-22(12-10-20)31-21-7-3-2-4-8-21/h2-4,7-12,18-19H,5-6,13-16H2,1H3,(H,25,30). The van der Waals surface area contributed by atoms with E-state index in [4.69, 9.17) is 4.74 Å². The molecule has 2 aliphatic rings. The van der Waals surface area contributed by atoms with Crippen LogP contribution in [0, 0.1) is 5.92 Å². The van der Waals surface area contributed by atoms with Crippen LogP contribution < -0.4 is 15.0 Å². The fourth-order valence-corrected chi connectivity index (χ4v) is 4.17. The van der Waals surface area contributed by atoms with Gasteiger partial charge < -0.3 is 19.9 Å². The van der Waals surface area contributed by atoms with E-state index < -0.39 is 0 Å². The molecule has 2 heterocycles. The summed E-state index contributed by atoms with van der Waals surface area (Å²) in [4.78, 5) is 40.3. The highest BCUT2D eigenvalue weighted by Gasteiger charge is 2.34. The van der Waals surface area contributed by atoms with Crippen LogP contribution in [0.15, 0.2) is 54.6 Å². The Balaban J connectivity index is 1.33. The number of benzene rings is 2. The summed E-state index contributed by atoms with van der Waals surface area (Å²) in [6, 6.07) is 16.7. The van der Waals surface area contributed by atoms with Gasteiger partial charge in [-0.2, -0.15) is 0 Å². The van der Waals surface area contributed by atoms with E-state index in [2.05, 4.69) is 5.32 Å². The molecule has 0 spiro atoms. The molecular weight excluding hydrogens is 394 g/mol. The SMILES string of the molecule is CC(=O)N1CCCC(C(=O)NC2CC(=O)N(c3ccc(Oc4ccccc4)cc3)C2)C1. The number of nitrogens with zero attached hydrogens (tertiary/aromatic N) is 2. The van der Waals surface area contributed by atoms with E-state index in [-0.39, 0.29) is 36.1 Å². The lowest BCUT2D eigenvalue weighted by atomic mass is 9.96. The van der Waals surface area contributed by atoms with Crippen LogP contribution in [0.2, 0.25) is 0 Å². The van der Waals surface area contributed by atoms with Crippen molar-refractivity contribution in [1.29, 1.82) is 0 Å². The number of nitrogens with one attached hydrogen (secondary N) is 1. The van der Waals surface area contributed by atoms with Crippen LogP contribution in [0.3, 0.4) is 0 Å². The van der Waals surface area contributed by atoms with Gasteiger partial charge in [0.05, 0.1) is 12.0 Å². The monoisotopic (exact) mass is 421 g/mol. The van der Waals surface area contributed by atoms with Gasteiger partial charge in [0.1, 0.15) is 11.5 Å². The molecule has 2 fully saturated rings. The van der Waals surface area contributed by atoms with Crippen molar-refractivity contribution in [3.8, 4) is 11.5 Å². The Labute approximate surface area is 182 Å². The second-order valence-corrected chi connectivity index (χ2v) is 8.13. The number of likely N-dealkylation sites (tertiary alicyclic amines) is 1. The predicted octanol–water partition coefficient (Wildman–Crippen LogP) is 2.96. The van der Waals surface area contributed by atoms with Gasteiger partial charge in [-0.25, -0.2) is 0 Å². The number of carbonyl (C=O) groups excluding carboxylic acids is 3. The molecular formula is C24H27N3O4. The summed E-state index contributed by atoms with van der Waals surface area (Å²) in [5.74, 6) is 1.14. The van der Waals surface area contributed by atoms with Crippen molar-refractivity contribution in [1.82, 2.24) is 10.2 Å². The van der Waals surface area contributed by atoms with E-state index >= 15 is 0 Å². The van der Waals surface area contributed by atoms with Crippen LogP contribution >= 0.6 is 0 Å². The van der Waals surface area contributed by atoms with Crippen LogP contribution in [-0.4, -0.2) is 48.3 Å². The first-order valence-electron chi connectivity index (χ1n) is 10.7. The Hall–Kier alpha value is -3.35. The van der Waals surface area contributed by atoms with E-state index in [1.165, 1.54) is 6.92 Å². The summed E-state index contributed by atoms with van der Waals surface area (Å²) >= 11 is 0. The van der Waals surface area contributed by atoms with Gasteiger partial charge in [-0.3, -0.25) is 14.4 Å². The lowest BCUT2D eigenvalue weighted by Gasteiger charge is -2.31. The highest BCUT2D eigenvalue weighted by Crippen LogP contribution is 2.27. The fourth-order valence-electron chi connectivity index (χ4n) is 4.17. The maximum atomic E-state index is 12.7. The zero-order valence-electron chi connectivity index (χ0n) is 17.6. The molecule has 0 saturated carbocycles. The second-order valence-electron chi connectivity index (χ2n) is 8.13. The summed E-state index contributed by atoms with van der Waals surface area (Å²) in [5, 5.41) is 3.02. The van der Waals surface area contributed by atoms with Crippen molar-refractivity contribution in [3.05, 3.63) is 54.6 Å². The van der Waals surface area contributed by atoms with Crippen LogP contribution in [0.5, 0.6) is 11.5 Å². The first-order valence-corrected chi connectivity index (χ1v) is 10.7. The molecule has 2 aromatic carbocycles. The van der Waals surface area contributed by atoms with Gasteiger partial charge >= 0.3 is 0 Å². The Morgan fingerprint density at radius 2 is 1.71 bits per heavy atom. The van der Waals surface area contributed by atoms with Crippen molar-refractivity contribution in [3.63, 3.8) is 0 Å². The van der Waals surface area contributed by atoms with Crippen molar-refractivity contribution in [2.75, 3.05) is 24.5 Å². The number of rotatable bonds is 5. The van der Waals surface area contributed by atoms with E-state index in [0.717, 1.165) is 24.3 Å². The highest BCUT2D eigenvalue weighted by molar-refractivity contribution is 5.97. The Morgan fingerprint density at radius 1 is 1.00 bits per heavy atom. The maximum absolute atomic E-state index is 12.7. The minimum atomic E-state index is -0.229. The fraction of sp³-hybridized carbons (Fsp3) is 0.375. The average molecular weight is 421 g/mol. The Morgan fingerprint density at radius 3 is 2.42 bits per heavy atom. The van der Waals surface area contributed by atoms with Crippen LogP contribution in [0.25, 0.3) is 0 Å².